The molecule has 1 atom stereocenters. The van der Waals surface area contributed by atoms with Crippen molar-refractivity contribution in [3.63, 3.8) is 0 Å². The van der Waals surface area contributed by atoms with E-state index in [4.69, 9.17) is 16.3 Å². The molecule has 0 bridgehead atoms. The van der Waals surface area contributed by atoms with Gasteiger partial charge in [0.05, 0.1) is 0 Å². The summed E-state index contributed by atoms with van der Waals surface area (Å²) in [7, 11) is -3.96. The van der Waals surface area contributed by atoms with E-state index in [0.29, 0.717) is 37.5 Å². The van der Waals surface area contributed by atoms with Crippen molar-refractivity contribution in [3.8, 4) is 0 Å². The highest BCUT2D eigenvalue weighted by molar-refractivity contribution is 7.87. The predicted molar refractivity (Wildman–Crippen MR) is 137 cm³/mol. The van der Waals surface area contributed by atoms with Crippen molar-refractivity contribution < 1.29 is 27.9 Å². The molecule has 2 aromatic rings. The van der Waals surface area contributed by atoms with E-state index < -0.39 is 28.3 Å². The second kappa shape index (κ2) is 13.4. The Bertz CT molecular complexity index is 1090. The van der Waals surface area contributed by atoms with Gasteiger partial charge < -0.3 is 20.1 Å². The van der Waals surface area contributed by atoms with E-state index in [2.05, 4.69) is 14.9 Å². The zero-order valence-corrected chi connectivity index (χ0v) is 21.4. The lowest BCUT2D eigenvalue weighted by molar-refractivity contribution is -0.139. The number of carboxylic acids is 1. The van der Waals surface area contributed by atoms with Gasteiger partial charge in [-0.05, 0) is 49.1 Å². The molecule has 0 radical (unpaired) electrons. The molecule has 1 aliphatic heterocycles. The highest BCUT2D eigenvalue weighted by Gasteiger charge is 2.31. The van der Waals surface area contributed by atoms with Gasteiger partial charge >= 0.3 is 12.1 Å². The standard InChI is InChI=1S/C24H31ClN4O6S/c25-20-9-11-21(12-10-20)28-14-16-29(17-15-28)36(33,34)27-22(23(30)31)8-4-5-13-26-24(32)35-18-19-6-2-1-3-7-19/h1-3,6-7,9-12,22,27H,4-5,8,13-18H2,(H,26,32)(H,30,31). The van der Waals surface area contributed by atoms with Gasteiger partial charge in [0.1, 0.15) is 12.6 Å². The Morgan fingerprint density at radius 2 is 1.67 bits per heavy atom. The quantitative estimate of drug-likeness (QED) is 0.354. The number of hydrogen-bond donors (Lipinski definition) is 3. The van der Waals surface area contributed by atoms with E-state index in [-0.39, 0.29) is 26.1 Å². The lowest BCUT2D eigenvalue weighted by Crippen LogP contribution is -2.54. The van der Waals surface area contributed by atoms with Gasteiger partial charge in [0.15, 0.2) is 0 Å². The van der Waals surface area contributed by atoms with Crippen LogP contribution in [0.5, 0.6) is 0 Å². The van der Waals surface area contributed by atoms with Crippen LogP contribution in [0.3, 0.4) is 0 Å². The second-order valence-electron chi connectivity index (χ2n) is 8.36. The van der Waals surface area contributed by atoms with Crippen molar-refractivity contribution in [1.29, 1.82) is 0 Å². The first-order valence-electron chi connectivity index (χ1n) is 11.7. The van der Waals surface area contributed by atoms with Crippen LogP contribution in [0.25, 0.3) is 0 Å². The predicted octanol–water partition coefficient (Wildman–Crippen LogP) is 2.85. The monoisotopic (exact) mass is 538 g/mol. The van der Waals surface area contributed by atoms with Crippen LogP contribution >= 0.6 is 11.6 Å². The average molecular weight is 539 g/mol. The summed E-state index contributed by atoms with van der Waals surface area (Å²) in [6.45, 7) is 1.88. The van der Waals surface area contributed by atoms with Crippen LogP contribution in [0.15, 0.2) is 54.6 Å². The minimum atomic E-state index is -3.96. The molecule has 3 rings (SSSR count). The maximum atomic E-state index is 12.8. The molecule has 10 nitrogen and oxygen atoms in total. The summed E-state index contributed by atoms with van der Waals surface area (Å²) in [4.78, 5) is 25.5. The molecule has 1 fully saturated rings. The molecule has 1 amide bonds. The molecule has 1 unspecified atom stereocenters. The lowest BCUT2D eigenvalue weighted by Gasteiger charge is -2.35. The summed E-state index contributed by atoms with van der Waals surface area (Å²) in [5.41, 5.74) is 1.82. The van der Waals surface area contributed by atoms with E-state index in [1.807, 2.05) is 42.5 Å². The van der Waals surface area contributed by atoms with Crippen LogP contribution in [0, 0.1) is 0 Å². The Balaban J connectivity index is 1.37. The first-order valence-corrected chi connectivity index (χ1v) is 13.5. The SMILES string of the molecule is O=C(NCCCCC(NS(=O)(=O)N1CCN(c2ccc(Cl)cc2)CC1)C(=O)O)OCc1ccccc1. The van der Waals surface area contributed by atoms with E-state index in [1.54, 1.807) is 12.1 Å². The number of carbonyl (C=O) groups excluding carboxylic acids is 1. The Morgan fingerprint density at radius 1 is 1.00 bits per heavy atom. The molecular formula is C24H31ClN4O6S. The molecule has 0 spiro atoms. The number of aliphatic carboxylic acids is 1. The third-order valence-corrected chi connectivity index (χ3v) is 7.64. The number of carbonyl (C=O) groups is 2. The maximum Gasteiger partial charge on any atom is 0.407 e. The Labute approximate surface area is 216 Å². The topological polar surface area (TPSA) is 128 Å². The van der Waals surface area contributed by atoms with Crippen molar-refractivity contribution in [2.45, 2.75) is 31.9 Å². The summed E-state index contributed by atoms with van der Waals surface area (Å²) in [6, 6.07) is 15.3. The number of halogens is 1. The highest BCUT2D eigenvalue weighted by atomic mass is 35.5. The number of rotatable bonds is 12. The number of hydrogen-bond acceptors (Lipinski definition) is 6. The molecule has 12 heteroatoms. The molecule has 0 aliphatic carbocycles. The molecule has 36 heavy (non-hydrogen) atoms. The van der Waals surface area contributed by atoms with Gasteiger partial charge in [-0.3, -0.25) is 4.79 Å². The number of piperazine rings is 1. The number of benzene rings is 2. The molecule has 1 saturated heterocycles. The number of amides is 1. The molecule has 196 valence electrons. The largest absolute Gasteiger partial charge is 0.480 e. The van der Waals surface area contributed by atoms with Gasteiger partial charge in [0.2, 0.25) is 0 Å². The number of ether oxygens (including phenoxy) is 1. The van der Waals surface area contributed by atoms with Gasteiger partial charge in [-0.1, -0.05) is 41.9 Å². The average Bonchev–Trinajstić information content (AvgIpc) is 2.87. The number of unbranched alkanes of at least 4 members (excludes halogenated alkanes) is 1. The number of carboxylic acid groups (broad SMARTS) is 1. The summed E-state index contributed by atoms with van der Waals surface area (Å²) in [6.07, 6.45) is 0.418. The smallest absolute Gasteiger partial charge is 0.407 e. The van der Waals surface area contributed by atoms with Crippen molar-refractivity contribution in [2.75, 3.05) is 37.6 Å². The van der Waals surface area contributed by atoms with E-state index >= 15 is 0 Å². The fourth-order valence-electron chi connectivity index (χ4n) is 3.76. The normalized spacial score (nSPS) is 15.3. The molecular weight excluding hydrogens is 508 g/mol. The zero-order valence-electron chi connectivity index (χ0n) is 19.8. The van der Waals surface area contributed by atoms with Gasteiger partial charge in [-0.15, -0.1) is 0 Å². The fraction of sp³-hybridized carbons (Fsp3) is 0.417. The molecule has 1 aliphatic rings. The van der Waals surface area contributed by atoms with Crippen LogP contribution in [0.1, 0.15) is 24.8 Å². The summed E-state index contributed by atoms with van der Waals surface area (Å²) >= 11 is 5.92. The first-order chi connectivity index (χ1) is 17.2. The van der Waals surface area contributed by atoms with Gasteiger partial charge in [0.25, 0.3) is 10.2 Å². The van der Waals surface area contributed by atoms with Crippen molar-refractivity contribution in [2.24, 2.45) is 0 Å². The van der Waals surface area contributed by atoms with Crippen LogP contribution < -0.4 is 14.9 Å². The van der Waals surface area contributed by atoms with Crippen molar-refractivity contribution in [3.05, 3.63) is 65.2 Å². The van der Waals surface area contributed by atoms with Crippen molar-refractivity contribution in [1.82, 2.24) is 14.3 Å². The number of nitrogens with one attached hydrogen (secondary N) is 2. The van der Waals surface area contributed by atoms with E-state index in [0.717, 1.165) is 11.3 Å². The van der Waals surface area contributed by atoms with Gasteiger partial charge in [-0.25, -0.2) is 4.79 Å². The number of anilines is 1. The van der Waals surface area contributed by atoms with Gasteiger partial charge in [0, 0.05) is 43.4 Å². The number of alkyl carbamates (subject to hydrolysis) is 1. The molecule has 0 saturated carbocycles. The molecule has 2 aromatic carbocycles. The van der Waals surface area contributed by atoms with Crippen LogP contribution in [-0.4, -0.2) is 68.7 Å². The van der Waals surface area contributed by atoms with Crippen LogP contribution in [-0.2, 0) is 26.3 Å². The summed E-state index contributed by atoms with van der Waals surface area (Å²) < 4.78 is 34.3. The zero-order chi connectivity index (χ0) is 26.0. The third kappa shape index (κ3) is 8.66. The fourth-order valence-corrected chi connectivity index (χ4v) is 5.26. The Morgan fingerprint density at radius 3 is 2.31 bits per heavy atom. The van der Waals surface area contributed by atoms with Crippen LogP contribution in [0.4, 0.5) is 10.5 Å². The molecule has 3 N–H and O–H groups in total. The Hall–Kier alpha value is -2.86. The van der Waals surface area contributed by atoms with E-state index in [1.165, 1.54) is 4.31 Å². The second-order valence-corrected chi connectivity index (χ2v) is 10.5. The minimum absolute atomic E-state index is 0.0973. The van der Waals surface area contributed by atoms with Crippen LogP contribution in [0.2, 0.25) is 5.02 Å². The maximum absolute atomic E-state index is 12.8. The molecule has 1 heterocycles. The Kier molecular flexibility index (Phi) is 10.4. The highest BCUT2D eigenvalue weighted by Crippen LogP contribution is 2.20. The summed E-state index contributed by atoms with van der Waals surface area (Å²) in [5.74, 6) is -1.24. The lowest BCUT2D eigenvalue weighted by atomic mass is 10.1. The van der Waals surface area contributed by atoms with E-state index in [9.17, 15) is 23.1 Å². The summed E-state index contributed by atoms with van der Waals surface area (Å²) in [5, 5.41) is 12.8. The third-order valence-electron chi connectivity index (χ3n) is 5.76. The molecule has 0 aromatic heterocycles. The minimum Gasteiger partial charge on any atom is -0.480 e. The first kappa shape index (κ1) is 27.7. The van der Waals surface area contributed by atoms with Gasteiger partial charge in [-0.2, -0.15) is 17.4 Å². The van der Waals surface area contributed by atoms with Crippen molar-refractivity contribution >= 4 is 39.6 Å². The number of nitrogens with zero attached hydrogens (tertiary/aromatic N) is 2.